The number of aryl methyl sites for hydroxylation is 1. The first-order chi connectivity index (χ1) is 8.90. The molecule has 104 valence electrons. The summed E-state index contributed by atoms with van der Waals surface area (Å²) in [7, 11) is 0. The summed E-state index contributed by atoms with van der Waals surface area (Å²) in [6, 6.07) is 3.75. The minimum absolute atomic E-state index is 0.458. The molecule has 0 radical (unpaired) electrons. The second-order valence-corrected chi connectivity index (χ2v) is 5.62. The molecule has 1 aliphatic rings. The van der Waals surface area contributed by atoms with Gasteiger partial charge >= 0.3 is 6.18 Å². The molecule has 1 saturated heterocycles. The molecule has 1 aromatic rings. The highest BCUT2D eigenvalue weighted by Crippen LogP contribution is 2.33. The van der Waals surface area contributed by atoms with E-state index in [4.69, 9.17) is 0 Å². The maximum Gasteiger partial charge on any atom is 0.416 e. The van der Waals surface area contributed by atoms with E-state index in [1.807, 2.05) is 0 Å². The Kier molecular flexibility index (Phi) is 4.18. The molecule has 2 rings (SSSR count). The molecule has 19 heavy (non-hydrogen) atoms. The summed E-state index contributed by atoms with van der Waals surface area (Å²) in [6.07, 6.45) is -1.88. The molecular weight excluding hydrogens is 323 g/mol. The highest BCUT2D eigenvalue weighted by molar-refractivity contribution is 9.10. The number of hydrogen-bond acceptors (Lipinski definition) is 1. The molecule has 0 bridgehead atoms. The molecular formula is C13H13BrF3NO. The number of rotatable bonds is 4. The van der Waals surface area contributed by atoms with Crippen LogP contribution in [0, 0.1) is 5.92 Å². The number of alkyl halides is 3. The zero-order valence-electron chi connectivity index (χ0n) is 10.1. The van der Waals surface area contributed by atoms with Crippen molar-refractivity contribution in [3.8, 4) is 0 Å². The fourth-order valence-corrected chi connectivity index (χ4v) is 2.74. The van der Waals surface area contributed by atoms with Crippen molar-refractivity contribution >= 4 is 22.3 Å². The number of likely N-dealkylation sites (tertiary alicyclic amines) is 1. The minimum Gasteiger partial charge on any atom is -0.345 e. The normalized spacial score (nSPS) is 16.3. The molecule has 0 atom stereocenters. The zero-order chi connectivity index (χ0) is 14.0. The van der Waals surface area contributed by atoms with Gasteiger partial charge in [-0.15, -0.1) is 0 Å². The Morgan fingerprint density at radius 2 is 2.05 bits per heavy atom. The van der Waals surface area contributed by atoms with Crippen LogP contribution in [-0.2, 0) is 17.4 Å². The van der Waals surface area contributed by atoms with E-state index in [2.05, 4.69) is 15.9 Å². The molecule has 0 aromatic heterocycles. The van der Waals surface area contributed by atoms with Gasteiger partial charge in [0.1, 0.15) is 0 Å². The lowest BCUT2D eigenvalue weighted by Crippen LogP contribution is -2.45. The Labute approximate surface area is 117 Å². The zero-order valence-corrected chi connectivity index (χ0v) is 11.7. The Morgan fingerprint density at radius 3 is 2.58 bits per heavy atom. The molecule has 0 spiro atoms. The molecule has 0 N–H and O–H groups in total. The van der Waals surface area contributed by atoms with Crippen LogP contribution in [0.4, 0.5) is 13.2 Å². The Bertz CT molecular complexity index is 469. The van der Waals surface area contributed by atoms with Crippen molar-refractivity contribution in [1.82, 2.24) is 4.90 Å². The van der Waals surface area contributed by atoms with Crippen LogP contribution in [0.3, 0.4) is 0 Å². The molecule has 0 aliphatic carbocycles. The van der Waals surface area contributed by atoms with E-state index in [1.165, 1.54) is 6.07 Å². The number of carbonyl (C=O) groups excluding carboxylic acids is 1. The summed E-state index contributed by atoms with van der Waals surface area (Å²) in [5.74, 6) is 0.458. The van der Waals surface area contributed by atoms with Crippen LogP contribution in [0.2, 0.25) is 0 Å². The Hall–Kier alpha value is -1.04. The second-order valence-electron chi connectivity index (χ2n) is 4.77. The van der Waals surface area contributed by atoms with Gasteiger partial charge < -0.3 is 4.90 Å². The molecule has 2 nitrogen and oxygen atoms in total. The Balaban J connectivity index is 1.93. The van der Waals surface area contributed by atoms with Gasteiger partial charge in [0.25, 0.3) is 0 Å². The van der Waals surface area contributed by atoms with Crippen molar-refractivity contribution in [3.63, 3.8) is 0 Å². The number of benzene rings is 1. The fourth-order valence-electron chi connectivity index (χ4n) is 2.16. The quantitative estimate of drug-likeness (QED) is 0.771. The maximum absolute atomic E-state index is 12.5. The first-order valence-corrected chi connectivity index (χ1v) is 6.74. The molecule has 0 unspecified atom stereocenters. The van der Waals surface area contributed by atoms with Crippen LogP contribution in [0.15, 0.2) is 22.7 Å². The first kappa shape index (κ1) is 14.4. The molecule has 0 saturated carbocycles. The minimum atomic E-state index is -4.31. The van der Waals surface area contributed by atoms with Gasteiger partial charge in [-0.25, -0.2) is 0 Å². The van der Waals surface area contributed by atoms with Gasteiger partial charge in [-0.2, -0.15) is 13.2 Å². The van der Waals surface area contributed by atoms with Gasteiger partial charge in [-0.3, -0.25) is 4.79 Å². The predicted octanol–water partition coefficient (Wildman–Crippen LogP) is 3.49. The van der Waals surface area contributed by atoms with Crippen LogP contribution in [0.1, 0.15) is 17.5 Å². The van der Waals surface area contributed by atoms with Crippen molar-refractivity contribution in [2.45, 2.75) is 19.0 Å². The van der Waals surface area contributed by atoms with Gasteiger partial charge in [0, 0.05) is 17.6 Å². The van der Waals surface area contributed by atoms with Crippen molar-refractivity contribution < 1.29 is 18.0 Å². The van der Waals surface area contributed by atoms with Gasteiger partial charge in [-0.1, -0.05) is 22.0 Å². The second kappa shape index (κ2) is 5.53. The van der Waals surface area contributed by atoms with Crippen LogP contribution < -0.4 is 0 Å². The average molecular weight is 336 g/mol. The van der Waals surface area contributed by atoms with Crippen molar-refractivity contribution in [2.24, 2.45) is 5.92 Å². The summed E-state index contributed by atoms with van der Waals surface area (Å²) < 4.78 is 38.0. The van der Waals surface area contributed by atoms with Crippen molar-refractivity contribution in [3.05, 3.63) is 33.8 Å². The fraction of sp³-hybridized carbons (Fsp3) is 0.462. The third-order valence-corrected chi connectivity index (χ3v) is 4.08. The highest BCUT2D eigenvalue weighted by Gasteiger charge is 2.31. The molecule has 1 fully saturated rings. The monoisotopic (exact) mass is 335 g/mol. The van der Waals surface area contributed by atoms with Crippen LogP contribution in [0.5, 0.6) is 0 Å². The lowest BCUT2D eigenvalue weighted by molar-refractivity contribution is -0.137. The van der Waals surface area contributed by atoms with Gasteiger partial charge in [0.05, 0.1) is 5.56 Å². The van der Waals surface area contributed by atoms with Crippen molar-refractivity contribution in [1.29, 1.82) is 0 Å². The summed E-state index contributed by atoms with van der Waals surface area (Å²) in [6.45, 7) is 1.50. The number of hydrogen-bond donors (Lipinski definition) is 0. The largest absolute Gasteiger partial charge is 0.416 e. The van der Waals surface area contributed by atoms with Crippen molar-refractivity contribution in [2.75, 3.05) is 13.1 Å². The van der Waals surface area contributed by atoms with Crippen LogP contribution in [0.25, 0.3) is 0 Å². The number of halogens is 4. The van der Waals surface area contributed by atoms with E-state index in [9.17, 15) is 18.0 Å². The van der Waals surface area contributed by atoms with Gasteiger partial charge in [0.2, 0.25) is 6.41 Å². The standard InChI is InChI=1S/C13H13BrF3NO/c14-12-5-11(13(15,16)17)4-3-10(12)2-1-9-6-18(7-9)8-19/h3-5,8-9H,1-2,6-7H2. The maximum atomic E-state index is 12.5. The third kappa shape index (κ3) is 3.49. The third-order valence-electron chi connectivity index (χ3n) is 3.34. The molecule has 1 heterocycles. The van der Waals surface area contributed by atoms with Crippen LogP contribution >= 0.6 is 15.9 Å². The average Bonchev–Trinajstić information content (AvgIpc) is 2.27. The van der Waals surface area contributed by atoms with Crippen LogP contribution in [-0.4, -0.2) is 24.4 Å². The van der Waals surface area contributed by atoms with E-state index in [1.54, 1.807) is 4.90 Å². The Morgan fingerprint density at radius 1 is 1.37 bits per heavy atom. The summed E-state index contributed by atoms with van der Waals surface area (Å²) in [5, 5.41) is 0. The van der Waals surface area contributed by atoms with Gasteiger partial charge in [0.15, 0.2) is 0 Å². The van der Waals surface area contributed by atoms with E-state index < -0.39 is 11.7 Å². The lowest BCUT2D eigenvalue weighted by atomic mass is 9.93. The summed E-state index contributed by atoms with van der Waals surface area (Å²) >= 11 is 3.19. The first-order valence-electron chi connectivity index (χ1n) is 5.95. The number of carbonyl (C=O) groups is 1. The molecule has 1 aromatic carbocycles. The smallest absolute Gasteiger partial charge is 0.345 e. The topological polar surface area (TPSA) is 20.3 Å². The van der Waals surface area contributed by atoms with E-state index in [0.29, 0.717) is 10.4 Å². The highest BCUT2D eigenvalue weighted by atomic mass is 79.9. The number of nitrogens with zero attached hydrogens (tertiary/aromatic N) is 1. The SMILES string of the molecule is O=CN1CC(CCc2ccc(C(F)(F)F)cc2Br)C1. The summed E-state index contributed by atoms with van der Waals surface area (Å²) in [4.78, 5) is 12.1. The predicted molar refractivity (Wildman–Crippen MR) is 68.6 cm³/mol. The summed E-state index contributed by atoms with van der Waals surface area (Å²) in [5.41, 5.74) is 0.233. The number of amides is 1. The molecule has 6 heteroatoms. The molecule has 1 aliphatic heterocycles. The molecule has 1 amide bonds. The van der Waals surface area contributed by atoms with Gasteiger partial charge in [-0.05, 0) is 36.5 Å². The lowest BCUT2D eigenvalue weighted by Gasteiger charge is -2.36. The van der Waals surface area contributed by atoms with E-state index >= 15 is 0 Å². The van der Waals surface area contributed by atoms with E-state index in [0.717, 1.165) is 50.0 Å². The van der Waals surface area contributed by atoms with E-state index in [-0.39, 0.29) is 0 Å².